The Morgan fingerprint density at radius 1 is 0.442 bits per heavy atom. The van der Waals surface area contributed by atoms with E-state index >= 15 is 0 Å². The van der Waals surface area contributed by atoms with E-state index in [-0.39, 0.29) is 0 Å². The number of aryl methyl sites for hydroxylation is 1. The van der Waals surface area contributed by atoms with Crippen molar-refractivity contribution in [2.45, 2.75) is 51.6 Å². The highest BCUT2D eigenvalue weighted by Gasteiger charge is 2.86. The minimum atomic E-state index is 0.562. The molecule has 1 heterocycles. The molecule has 11 fully saturated rings. The van der Waals surface area contributed by atoms with Gasteiger partial charge in [-0.05, 0) is 206 Å². The van der Waals surface area contributed by atoms with Gasteiger partial charge in [0.05, 0.1) is 0 Å². The van der Waals surface area contributed by atoms with Gasteiger partial charge in [-0.3, -0.25) is 4.90 Å². The second-order valence-electron chi connectivity index (χ2n) is 23.6. The summed E-state index contributed by atoms with van der Waals surface area (Å²) in [6.45, 7) is 5.04. The van der Waals surface area contributed by atoms with Crippen LogP contribution in [0, 0.1) is 173 Å². The van der Waals surface area contributed by atoms with Gasteiger partial charge in [0.15, 0.2) is 0 Å². The van der Waals surface area contributed by atoms with Crippen molar-refractivity contribution in [3.8, 4) is 0 Å². The SMILES string of the molecule is Cc1ccc(C2C3C4=C5C6C7C8=C9C%10C(C=CC4C%106)C4C=CC6C%10CCC%11C%12CCC%13C(C5C5C%13C%12C%12C%11C%10C(C8C%12C75)C6C94)C3C(C)N2C)cc1. The van der Waals surface area contributed by atoms with Gasteiger partial charge in [-0.1, -0.05) is 76.4 Å². The Bertz CT molecular complexity index is 2130. The van der Waals surface area contributed by atoms with Crippen LogP contribution in [0.15, 0.2) is 70.9 Å². The van der Waals surface area contributed by atoms with Crippen LogP contribution < -0.4 is 0 Å². The lowest BCUT2D eigenvalue weighted by atomic mass is 9.44. The number of nitrogens with zero attached hydrogens (tertiary/aromatic N) is 1. The first-order chi connectivity index (χ1) is 25.6. The minimum absolute atomic E-state index is 0.562. The van der Waals surface area contributed by atoms with Crippen LogP contribution in [0.4, 0.5) is 0 Å². The van der Waals surface area contributed by atoms with E-state index in [1.165, 1.54) is 5.56 Å². The van der Waals surface area contributed by atoms with Crippen LogP contribution in [-0.4, -0.2) is 18.0 Å². The molecule has 1 heteroatoms. The third kappa shape index (κ3) is 2.21. The predicted octanol–water partition coefficient (Wildman–Crippen LogP) is 9.11. The average Bonchev–Trinajstić information content (AvgIpc) is 4.01. The first-order valence-electron chi connectivity index (χ1n) is 23.3. The van der Waals surface area contributed by atoms with E-state index in [1.807, 2.05) is 0 Å². The summed E-state index contributed by atoms with van der Waals surface area (Å²) in [5.74, 6) is 27.8. The van der Waals surface area contributed by atoms with Gasteiger partial charge in [0.1, 0.15) is 0 Å². The first-order valence-corrected chi connectivity index (χ1v) is 23.3. The molecule has 1 aromatic rings. The van der Waals surface area contributed by atoms with Gasteiger partial charge in [-0.25, -0.2) is 0 Å². The van der Waals surface area contributed by atoms with Crippen molar-refractivity contribution in [3.63, 3.8) is 0 Å². The van der Waals surface area contributed by atoms with Gasteiger partial charge in [0.2, 0.25) is 0 Å². The highest BCUT2D eigenvalue weighted by Crippen LogP contribution is 2.91. The molecule has 16 aliphatic carbocycles. The van der Waals surface area contributed by atoms with Crippen LogP contribution in [0.1, 0.15) is 49.8 Å². The summed E-state index contributed by atoms with van der Waals surface area (Å²) in [5.41, 5.74) is 12.0. The lowest BCUT2D eigenvalue weighted by molar-refractivity contribution is -0.127. The molecule has 30 unspecified atom stereocenters. The smallest absolute Gasteiger partial charge is 0.0416 e. The maximum absolute atomic E-state index is 2.97. The van der Waals surface area contributed by atoms with E-state index in [1.54, 1.807) is 31.2 Å². The Balaban J connectivity index is 0.980. The predicted molar refractivity (Wildman–Crippen MR) is 200 cm³/mol. The maximum atomic E-state index is 2.97. The van der Waals surface area contributed by atoms with Crippen molar-refractivity contribution >= 4 is 0 Å². The summed E-state index contributed by atoms with van der Waals surface area (Å²) in [6.07, 6.45) is 18.3. The largest absolute Gasteiger partial charge is 0.296 e. The van der Waals surface area contributed by atoms with E-state index in [0.717, 1.165) is 166 Å². The molecular weight excluding hydrogens is 627 g/mol. The fraction of sp³-hybridized carbons (Fsp3) is 0.725. The summed E-state index contributed by atoms with van der Waals surface area (Å²) >= 11 is 0. The van der Waals surface area contributed by atoms with E-state index < -0.39 is 0 Å². The number of fused-ring (bicyclic) bond motifs is 8. The van der Waals surface area contributed by atoms with Gasteiger partial charge in [0.25, 0.3) is 0 Å². The summed E-state index contributed by atoms with van der Waals surface area (Å²) < 4.78 is 0. The van der Waals surface area contributed by atoms with Crippen LogP contribution in [-0.2, 0) is 0 Å². The molecule has 1 nitrogen and oxygen atoms in total. The molecule has 0 N–H and O–H groups in total. The van der Waals surface area contributed by atoms with Crippen molar-refractivity contribution in [1.29, 1.82) is 0 Å². The Morgan fingerprint density at radius 2 is 1.00 bits per heavy atom. The quantitative estimate of drug-likeness (QED) is 0.268. The molecular formula is C51H55N. The van der Waals surface area contributed by atoms with Crippen LogP contribution >= 0.6 is 0 Å². The topological polar surface area (TPSA) is 3.24 Å². The van der Waals surface area contributed by atoms with Gasteiger partial charge >= 0.3 is 0 Å². The molecule has 1 saturated heterocycles. The lowest BCUT2D eigenvalue weighted by Gasteiger charge is -2.60. The number of rotatable bonds is 1. The molecule has 0 aromatic heterocycles. The molecule has 0 spiro atoms. The van der Waals surface area contributed by atoms with E-state index in [9.17, 15) is 0 Å². The summed E-state index contributed by atoms with van der Waals surface area (Å²) in [6, 6.07) is 11.3. The van der Waals surface area contributed by atoms with Gasteiger partial charge in [-0.15, -0.1) is 0 Å². The molecule has 1 aliphatic heterocycles. The molecule has 1 aromatic carbocycles. The fourth-order valence-corrected chi connectivity index (χ4v) is 25.0. The van der Waals surface area contributed by atoms with Gasteiger partial charge in [0, 0.05) is 23.9 Å². The Morgan fingerprint density at radius 3 is 1.83 bits per heavy atom. The summed E-state index contributed by atoms with van der Waals surface area (Å²) in [4.78, 5) is 2.97. The third-order valence-corrected chi connectivity index (χ3v) is 24.4. The number of likely N-dealkylation sites (tertiary alicyclic amines) is 1. The Labute approximate surface area is 310 Å². The van der Waals surface area contributed by atoms with Crippen LogP contribution in [0.2, 0.25) is 0 Å². The zero-order valence-corrected chi connectivity index (χ0v) is 31.2. The molecule has 52 heavy (non-hydrogen) atoms. The van der Waals surface area contributed by atoms with Crippen molar-refractivity contribution < 1.29 is 0 Å². The Kier molecular flexibility index (Phi) is 4.01. The van der Waals surface area contributed by atoms with Crippen molar-refractivity contribution in [3.05, 3.63) is 82.0 Å². The van der Waals surface area contributed by atoms with Crippen LogP contribution in [0.25, 0.3) is 0 Å². The minimum Gasteiger partial charge on any atom is -0.296 e. The molecule has 30 atom stereocenters. The van der Waals surface area contributed by atoms with Crippen molar-refractivity contribution in [2.24, 2.45) is 166 Å². The molecule has 0 radical (unpaired) electrons. The lowest BCUT2D eigenvalue weighted by Crippen LogP contribution is -2.57. The monoisotopic (exact) mass is 681 g/mol. The highest BCUT2D eigenvalue weighted by atomic mass is 15.2. The number of benzene rings is 1. The number of hydrogen-bond donors (Lipinski definition) is 0. The molecule has 10 saturated carbocycles. The van der Waals surface area contributed by atoms with E-state index in [2.05, 4.69) is 96.7 Å². The highest BCUT2D eigenvalue weighted by molar-refractivity contribution is 5.58. The maximum Gasteiger partial charge on any atom is 0.0416 e. The average molecular weight is 682 g/mol. The zero-order chi connectivity index (χ0) is 32.8. The van der Waals surface area contributed by atoms with E-state index in [4.69, 9.17) is 0 Å². The second-order valence-corrected chi connectivity index (χ2v) is 23.6. The molecule has 264 valence electrons. The third-order valence-electron chi connectivity index (χ3n) is 24.4. The summed E-state index contributed by atoms with van der Waals surface area (Å²) in [5, 5.41) is 0. The van der Waals surface area contributed by atoms with Gasteiger partial charge in [-0.2, -0.15) is 0 Å². The second kappa shape index (κ2) is 7.76. The van der Waals surface area contributed by atoms with Crippen LogP contribution in [0.3, 0.4) is 0 Å². The standard InChI is InChI=1S/C51H55N/c1-16-4-6-18(7-5-16)51-50-27(17(2)52(51)3)34-25-14-12-23-21-10-8-19-20-9-11-22-24-13-15-26-36-33(24)40-31(22)29(20)38-28(19)30(21)39-32(23)35(25)42-41(34)44(37(26)50)43(36)49-47(40)45(38)46(39)48(42)49/h4-7,9,11,13,15,17,19-36,38-39,41-43,45-46,48-51H,8,10,12,14H2,1-3H3. The van der Waals surface area contributed by atoms with Crippen molar-refractivity contribution in [1.82, 2.24) is 4.90 Å². The summed E-state index contributed by atoms with van der Waals surface area (Å²) in [7, 11) is 2.59. The number of hydrogen-bond acceptors (Lipinski definition) is 1. The van der Waals surface area contributed by atoms with Crippen LogP contribution in [0.5, 0.6) is 0 Å². The number of allylic oxidation sites excluding steroid dienone is 7. The fourth-order valence-electron chi connectivity index (χ4n) is 25.0. The van der Waals surface area contributed by atoms with E-state index in [0.29, 0.717) is 12.1 Å². The zero-order valence-electron chi connectivity index (χ0n) is 31.2. The molecule has 0 amide bonds. The molecule has 0 bridgehead atoms. The molecule has 18 rings (SSSR count). The Hall–Kier alpha value is -1.86. The van der Waals surface area contributed by atoms with Gasteiger partial charge < -0.3 is 0 Å². The molecule has 17 aliphatic rings. The first kappa shape index (κ1) is 26.9. The van der Waals surface area contributed by atoms with Crippen molar-refractivity contribution in [2.75, 3.05) is 7.05 Å². The normalized spacial score (nSPS) is 70.7.